The normalized spacial score (nSPS) is 20.3. The van der Waals surface area contributed by atoms with Crippen LogP contribution in [-0.2, 0) is 0 Å². The van der Waals surface area contributed by atoms with Crippen molar-refractivity contribution < 1.29 is 9.53 Å². The molecule has 2 heterocycles. The first-order valence-corrected chi connectivity index (χ1v) is 9.08. The molecule has 0 spiro atoms. The summed E-state index contributed by atoms with van der Waals surface area (Å²) >= 11 is 0. The lowest BCUT2D eigenvalue weighted by atomic mass is 10.2. The summed E-state index contributed by atoms with van der Waals surface area (Å²) in [6.07, 6.45) is 5.57. The van der Waals surface area contributed by atoms with E-state index in [9.17, 15) is 4.79 Å². The van der Waals surface area contributed by atoms with E-state index in [0.717, 1.165) is 24.4 Å². The molecular weight excluding hydrogens is 316 g/mol. The van der Waals surface area contributed by atoms with Crippen molar-refractivity contribution in [3.63, 3.8) is 0 Å². The molecule has 0 radical (unpaired) electrons. The number of carbonyl (C=O) groups is 1. The third-order valence-electron chi connectivity index (χ3n) is 4.82. The maximum Gasteiger partial charge on any atom is 0.253 e. The number of amides is 1. The van der Waals surface area contributed by atoms with Gasteiger partial charge >= 0.3 is 0 Å². The van der Waals surface area contributed by atoms with Gasteiger partial charge in [-0.1, -0.05) is 5.21 Å². The second-order valence-electron chi connectivity index (χ2n) is 7.28. The van der Waals surface area contributed by atoms with Crippen molar-refractivity contribution >= 4 is 5.91 Å². The average molecular weight is 340 g/mol. The van der Waals surface area contributed by atoms with Gasteiger partial charge in [0, 0.05) is 30.8 Å². The van der Waals surface area contributed by atoms with Crippen LogP contribution in [0.4, 0.5) is 0 Å². The third kappa shape index (κ3) is 3.52. The van der Waals surface area contributed by atoms with E-state index in [1.165, 1.54) is 12.8 Å². The Hall–Kier alpha value is -2.37. The molecule has 1 aliphatic carbocycles. The highest BCUT2D eigenvalue weighted by atomic mass is 16.5. The highest BCUT2D eigenvalue weighted by Gasteiger charge is 2.31. The van der Waals surface area contributed by atoms with E-state index < -0.39 is 0 Å². The Labute approximate surface area is 147 Å². The Morgan fingerprint density at radius 2 is 1.96 bits per heavy atom. The lowest BCUT2D eigenvalue weighted by Gasteiger charge is -2.17. The maximum absolute atomic E-state index is 12.7. The summed E-state index contributed by atoms with van der Waals surface area (Å²) in [5.41, 5.74) is 1.81. The molecule has 1 unspecified atom stereocenters. The van der Waals surface area contributed by atoms with Gasteiger partial charge in [-0.2, -0.15) is 0 Å². The first-order chi connectivity index (χ1) is 12.1. The van der Waals surface area contributed by atoms with Gasteiger partial charge in [0.15, 0.2) is 0 Å². The molecule has 1 saturated carbocycles. The Morgan fingerprint density at radius 1 is 1.20 bits per heavy atom. The number of nitrogens with zero attached hydrogens (tertiary/aromatic N) is 4. The Balaban J connectivity index is 1.39. The minimum atomic E-state index is 0.0705. The fourth-order valence-electron chi connectivity index (χ4n) is 3.31. The molecule has 2 aliphatic rings. The summed E-state index contributed by atoms with van der Waals surface area (Å²) in [5, 5.41) is 8.56. The molecule has 1 aliphatic heterocycles. The zero-order valence-electron chi connectivity index (χ0n) is 14.8. The van der Waals surface area contributed by atoms with Gasteiger partial charge < -0.3 is 9.64 Å². The molecule has 6 nitrogen and oxygen atoms in total. The van der Waals surface area contributed by atoms with Gasteiger partial charge in [-0.3, -0.25) is 4.79 Å². The summed E-state index contributed by atoms with van der Waals surface area (Å²) in [7, 11) is 0. The minimum Gasteiger partial charge on any atom is -0.491 e. The fraction of sp³-hybridized carbons (Fsp3) is 0.526. The van der Waals surface area contributed by atoms with E-state index in [2.05, 4.69) is 16.5 Å². The number of likely N-dealkylation sites (tertiary alicyclic amines) is 1. The summed E-state index contributed by atoms with van der Waals surface area (Å²) in [5.74, 6) is 1.47. The summed E-state index contributed by atoms with van der Waals surface area (Å²) in [6, 6.07) is 7.63. The molecule has 1 saturated heterocycles. The van der Waals surface area contributed by atoms with E-state index in [-0.39, 0.29) is 18.1 Å². The zero-order chi connectivity index (χ0) is 17.4. The molecule has 132 valence electrons. The van der Waals surface area contributed by atoms with Crippen LogP contribution >= 0.6 is 0 Å². The average Bonchev–Trinajstić information content (AvgIpc) is 3.13. The van der Waals surface area contributed by atoms with Gasteiger partial charge in [0.05, 0.1) is 17.8 Å². The van der Waals surface area contributed by atoms with E-state index in [4.69, 9.17) is 4.74 Å². The van der Waals surface area contributed by atoms with Crippen LogP contribution in [0.5, 0.6) is 5.75 Å². The predicted molar refractivity (Wildman–Crippen MR) is 93.8 cm³/mol. The van der Waals surface area contributed by atoms with Crippen LogP contribution in [0, 0.1) is 0 Å². The van der Waals surface area contributed by atoms with Crippen molar-refractivity contribution in [3.05, 3.63) is 41.7 Å². The molecule has 2 fully saturated rings. The van der Waals surface area contributed by atoms with Crippen molar-refractivity contribution in [3.8, 4) is 5.75 Å². The zero-order valence-corrected chi connectivity index (χ0v) is 14.8. The molecule has 0 bridgehead atoms. The SMILES string of the molecule is CC(C)Oc1ccc(C(=O)N2CCC(n3cc(C4CC4)nn3)C2)cc1. The van der Waals surface area contributed by atoms with Gasteiger partial charge in [-0.05, 0) is 57.4 Å². The van der Waals surface area contributed by atoms with Gasteiger partial charge in [0.25, 0.3) is 5.91 Å². The first-order valence-electron chi connectivity index (χ1n) is 9.08. The van der Waals surface area contributed by atoms with Crippen LogP contribution in [-0.4, -0.2) is 45.0 Å². The predicted octanol–water partition coefficient (Wildman–Crippen LogP) is 3.03. The molecule has 4 rings (SSSR count). The minimum absolute atomic E-state index is 0.0705. The molecule has 25 heavy (non-hydrogen) atoms. The van der Waals surface area contributed by atoms with E-state index in [1.807, 2.05) is 47.7 Å². The highest BCUT2D eigenvalue weighted by molar-refractivity contribution is 5.94. The van der Waals surface area contributed by atoms with Crippen molar-refractivity contribution in [2.75, 3.05) is 13.1 Å². The van der Waals surface area contributed by atoms with E-state index in [0.29, 0.717) is 18.0 Å². The van der Waals surface area contributed by atoms with E-state index >= 15 is 0 Å². The summed E-state index contributed by atoms with van der Waals surface area (Å²) < 4.78 is 7.58. The van der Waals surface area contributed by atoms with Crippen molar-refractivity contribution in [2.24, 2.45) is 0 Å². The van der Waals surface area contributed by atoms with Gasteiger partial charge in [0.1, 0.15) is 5.75 Å². The number of rotatable bonds is 5. The Bertz CT molecular complexity index is 749. The number of ether oxygens (including phenoxy) is 1. The van der Waals surface area contributed by atoms with Crippen molar-refractivity contribution in [2.45, 2.75) is 51.2 Å². The number of benzene rings is 1. The van der Waals surface area contributed by atoms with Crippen LogP contribution in [0.1, 0.15) is 61.1 Å². The molecular formula is C19H24N4O2. The second-order valence-corrected chi connectivity index (χ2v) is 7.28. The number of carbonyl (C=O) groups excluding carboxylic acids is 1. The van der Waals surface area contributed by atoms with Gasteiger partial charge in [-0.15, -0.1) is 5.10 Å². The monoisotopic (exact) mass is 340 g/mol. The van der Waals surface area contributed by atoms with Crippen LogP contribution in [0.3, 0.4) is 0 Å². The molecule has 1 atom stereocenters. The highest BCUT2D eigenvalue weighted by Crippen LogP contribution is 2.39. The fourth-order valence-corrected chi connectivity index (χ4v) is 3.31. The topological polar surface area (TPSA) is 60.2 Å². The number of aromatic nitrogens is 3. The largest absolute Gasteiger partial charge is 0.491 e. The van der Waals surface area contributed by atoms with Crippen molar-refractivity contribution in [1.82, 2.24) is 19.9 Å². The van der Waals surface area contributed by atoms with Gasteiger partial charge in [-0.25, -0.2) is 4.68 Å². The van der Waals surface area contributed by atoms with Gasteiger partial charge in [0.2, 0.25) is 0 Å². The smallest absolute Gasteiger partial charge is 0.253 e. The number of hydrogen-bond acceptors (Lipinski definition) is 4. The van der Waals surface area contributed by atoms with Crippen LogP contribution in [0.2, 0.25) is 0 Å². The van der Waals surface area contributed by atoms with E-state index in [1.54, 1.807) is 0 Å². The third-order valence-corrected chi connectivity index (χ3v) is 4.82. The Kier molecular flexibility index (Phi) is 4.19. The molecule has 1 amide bonds. The summed E-state index contributed by atoms with van der Waals surface area (Å²) in [4.78, 5) is 14.6. The lowest BCUT2D eigenvalue weighted by Crippen LogP contribution is -2.29. The second kappa shape index (κ2) is 6.50. The maximum atomic E-state index is 12.7. The quantitative estimate of drug-likeness (QED) is 0.839. The van der Waals surface area contributed by atoms with Crippen LogP contribution in [0.25, 0.3) is 0 Å². The molecule has 1 aromatic heterocycles. The van der Waals surface area contributed by atoms with Crippen LogP contribution in [0.15, 0.2) is 30.5 Å². The lowest BCUT2D eigenvalue weighted by molar-refractivity contribution is 0.0787. The molecule has 1 aromatic carbocycles. The van der Waals surface area contributed by atoms with Crippen LogP contribution < -0.4 is 4.74 Å². The standard InChI is InChI=1S/C19H24N4O2/c1-13(2)25-17-7-5-15(6-8-17)19(24)22-10-9-16(11-22)23-12-18(20-21-23)14-3-4-14/h5-8,12-14,16H,3-4,9-11H2,1-2H3. The molecule has 2 aromatic rings. The first kappa shape index (κ1) is 16.1. The van der Waals surface area contributed by atoms with Crippen molar-refractivity contribution in [1.29, 1.82) is 0 Å². The molecule has 0 N–H and O–H groups in total. The summed E-state index contributed by atoms with van der Waals surface area (Å²) in [6.45, 7) is 5.42. The molecule has 6 heteroatoms. The Morgan fingerprint density at radius 3 is 2.64 bits per heavy atom. The number of hydrogen-bond donors (Lipinski definition) is 0.